The van der Waals surface area contributed by atoms with E-state index in [4.69, 9.17) is 5.73 Å². The molecule has 106 valence electrons. The van der Waals surface area contributed by atoms with Gasteiger partial charge < -0.3 is 15.2 Å². The lowest BCUT2D eigenvalue weighted by molar-refractivity contribution is -0.135. The van der Waals surface area contributed by atoms with Crippen LogP contribution in [-0.2, 0) is 4.79 Å². The molecule has 0 saturated carbocycles. The van der Waals surface area contributed by atoms with E-state index in [1.54, 1.807) is 12.5 Å². The Labute approximate surface area is 114 Å². The van der Waals surface area contributed by atoms with Crippen LogP contribution < -0.4 is 5.73 Å². The molecule has 0 aromatic carbocycles. The van der Waals surface area contributed by atoms with Crippen LogP contribution in [0.2, 0.25) is 0 Å². The lowest BCUT2D eigenvalue weighted by Gasteiger charge is -2.30. The van der Waals surface area contributed by atoms with E-state index in [1.165, 1.54) is 6.42 Å². The largest absolute Gasteiger partial charge is 0.341 e. The maximum atomic E-state index is 12.5. The molecule has 2 N–H and O–H groups in total. The number of likely N-dealkylation sites (tertiary alicyclic amines) is 1. The van der Waals surface area contributed by atoms with Gasteiger partial charge in [-0.15, -0.1) is 0 Å². The number of hydrogen-bond donors (Lipinski definition) is 1. The van der Waals surface area contributed by atoms with Gasteiger partial charge in [0.15, 0.2) is 0 Å². The van der Waals surface area contributed by atoms with Gasteiger partial charge in [0, 0.05) is 25.3 Å². The highest BCUT2D eigenvalue weighted by molar-refractivity contribution is 5.80. The first-order valence-corrected chi connectivity index (χ1v) is 7.21. The Hall–Kier alpha value is -1.36. The summed E-state index contributed by atoms with van der Waals surface area (Å²) in [6.07, 6.45) is 7.80. The average molecular weight is 264 g/mol. The first kappa shape index (κ1) is 14.1. The van der Waals surface area contributed by atoms with E-state index in [9.17, 15) is 4.79 Å². The van der Waals surface area contributed by atoms with Crippen molar-refractivity contribution < 1.29 is 4.79 Å². The number of nitrogens with two attached hydrogens (primary N) is 1. The molecular formula is C14H24N4O. The third-order valence-electron chi connectivity index (χ3n) is 3.96. The second kappa shape index (κ2) is 6.19. The van der Waals surface area contributed by atoms with Gasteiger partial charge in [0.1, 0.15) is 6.04 Å². The maximum absolute atomic E-state index is 12.5. The van der Waals surface area contributed by atoms with Gasteiger partial charge in [-0.1, -0.05) is 6.92 Å². The highest BCUT2D eigenvalue weighted by atomic mass is 16.2. The average Bonchev–Trinajstić information content (AvgIpc) is 2.95. The lowest BCUT2D eigenvalue weighted by Crippen LogP contribution is -2.40. The van der Waals surface area contributed by atoms with Crippen molar-refractivity contribution >= 4 is 5.91 Å². The molecule has 0 bridgehead atoms. The van der Waals surface area contributed by atoms with Gasteiger partial charge in [-0.25, -0.2) is 4.98 Å². The molecule has 5 nitrogen and oxygen atoms in total. The Bertz CT molecular complexity index is 423. The fourth-order valence-corrected chi connectivity index (χ4v) is 2.63. The van der Waals surface area contributed by atoms with E-state index < -0.39 is 0 Å². The number of nitrogens with zero attached hydrogens (tertiary/aromatic N) is 3. The zero-order valence-electron chi connectivity index (χ0n) is 11.9. The standard InChI is InChI=1S/C14H24N4O/c1-3-12(15)13-9-16-10-18(13)11(2)14(19)17-7-5-4-6-8-17/h9-12H,3-8,15H2,1-2H3/t11?,12-/m1/s1. The second-order valence-electron chi connectivity index (χ2n) is 5.30. The fourth-order valence-electron chi connectivity index (χ4n) is 2.63. The van der Waals surface area contributed by atoms with Crippen LogP contribution in [0.3, 0.4) is 0 Å². The quantitative estimate of drug-likeness (QED) is 0.903. The Balaban J connectivity index is 2.12. The van der Waals surface area contributed by atoms with Crippen molar-refractivity contribution in [2.45, 2.75) is 51.6 Å². The van der Waals surface area contributed by atoms with Crippen molar-refractivity contribution in [3.8, 4) is 0 Å². The van der Waals surface area contributed by atoms with Crippen molar-refractivity contribution in [2.75, 3.05) is 13.1 Å². The maximum Gasteiger partial charge on any atom is 0.245 e. The Morgan fingerprint density at radius 3 is 2.74 bits per heavy atom. The molecule has 0 aliphatic carbocycles. The Kier molecular flexibility index (Phi) is 4.58. The summed E-state index contributed by atoms with van der Waals surface area (Å²) in [4.78, 5) is 18.6. The summed E-state index contributed by atoms with van der Waals surface area (Å²) in [7, 11) is 0. The zero-order chi connectivity index (χ0) is 13.8. The van der Waals surface area contributed by atoms with Crippen LogP contribution in [-0.4, -0.2) is 33.4 Å². The highest BCUT2D eigenvalue weighted by Crippen LogP contribution is 2.21. The normalized spacial score (nSPS) is 19.2. The molecule has 0 radical (unpaired) electrons. The molecular weight excluding hydrogens is 240 g/mol. The molecule has 2 heterocycles. The number of carbonyl (C=O) groups excluding carboxylic acids is 1. The molecule has 2 atom stereocenters. The number of hydrogen-bond acceptors (Lipinski definition) is 3. The van der Waals surface area contributed by atoms with Crippen LogP contribution in [0.1, 0.15) is 57.3 Å². The van der Waals surface area contributed by atoms with Crippen molar-refractivity contribution in [1.82, 2.24) is 14.5 Å². The summed E-state index contributed by atoms with van der Waals surface area (Å²) in [6, 6.07) is -0.271. The fraction of sp³-hybridized carbons (Fsp3) is 0.714. The second-order valence-corrected chi connectivity index (χ2v) is 5.30. The minimum atomic E-state index is -0.215. The van der Waals surface area contributed by atoms with E-state index in [1.807, 2.05) is 23.3 Å². The number of piperidine rings is 1. The monoisotopic (exact) mass is 264 g/mol. The van der Waals surface area contributed by atoms with Gasteiger partial charge in [0.05, 0.1) is 12.0 Å². The van der Waals surface area contributed by atoms with Gasteiger partial charge >= 0.3 is 0 Å². The molecule has 1 amide bonds. The molecule has 1 fully saturated rings. The third kappa shape index (κ3) is 2.97. The Morgan fingerprint density at radius 1 is 1.42 bits per heavy atom. The van der Waals surface area contributed by atoms with Gasteiger partial charge in [-0.3, -0.25) is 4.79 Å². The van der Waals surface area contributed by atoms with Crippen molar-refractivity contribution in [1.29, 1.82) is 0 Å². The number of amides is 1. The summed E-state index contributed by atoms with van der Waals surface area (Å²) in [5, 5.41) is 0. The number of aromatic nitrogens is 2. The van der Waals surface area contributed by atoms with Gasteiger partial charge in [0.2, 0.25) is 5.91 Å². The lowest BCUT2D eigenvalue weighted by atomic mass is 10.1. The van der Waals surface area contributed by atoms with Crippen LogP contribution >= 0.6 is 0 Å². The topological polar surface area (TPSA) is 64.1 Å². The van der Waals surface area contributed by atoms with Crippen molar-refractivity contribution in [2.24, 2.45) is 5.73 Å². The van der Waals surface area contributed by atoms with E-state index in [0.717, 1.165) is 38.0 Å². The van der Waals surface area contributed by atoms with Gasteiger partial charge in [-0.2, -0.15) is 0 Å². The van der Waals surface area contributed by atoms with E-state index in [0.29, 0.717) is 0 Å². The minimum absolute atomic E-state index is 0.0564. The van der Waals surface area contributed by atoms with Gasteiger partial charge in [-0.05, 0) is 32.6 Å². The van der Waals surface area contributed by atoms with Crippen LogP contribution in [0.25, 0.3) is 0 Å². The number of carbonyl (C=O) groups is 1. The molecule has 1 unspecified atom stereocenters. The summed E-state index contributed by atoms with van der Waals surface area (Å²) < 4.78 is 1.92. The van der Waals surface area contributed by atoms with E-state index in [2.05, 4.69) is 4.98 Å². The predicted octanol–water partition coefficient (Wildman–Crippen LogP) is 1.87. The first-order valence-electron chi connectivity index (χ1n) is 7.21. The van der Waals surface area contributed by atoms with E-state index in [-0.39, 0.29) is 18.0 Å². The van der Waals surface area contributed by atoms with Crippen LogP contribution in [0.4, 0.5) is 0 Å². The molecule has 1 aromatic rings. The third-order valence-corrected chi connectivity index (χ3v) is 3.96. The van der Waals surface area contributed by atoms with Crippen molar-refractivity contribution in [3.63, 3.8) is 0 Å². The smallest absolute Gasteiger partial charge is 0.245 e. The van der Waals surface area contributed by atoms with Crippen LogP contribution in [0, 0.1) is 0 Å². The molecule has 1 aliphatic heterocycles. The Morgan fingerprint density at radius 2 is 2.11 bits per heavy atom. The molecule has 0 spiro atoms. The molecule has 1 saturated heterocycles. The van der Waals surface area contributed by atoms with Gasteiger partial charge in [0.25, 0.3) is 0 Å². The summed E-state index contributed by atoms with van der Waals surface area (Å²) >= 11 is 0. The summed E-state index contributed by atoms with van der Waals surface area (Å²) in [6.45, 7) is 5.74. The molecule has 5 heteroatoms. The molecule has 2 rings (SSSR count). The zero-order valence-corrected chi connectivity index (χ0v) is 11.9. The first-order chi connectivity index (χ1) is 9.15. The number of rotatable bonds is 4. The highest BCUT2D eigenvalue weighted by Gasteiger charge is 2.25. The predicted molar refractivity (Wildman–Crippen MR) is 74.6 cm³/mol. The molecule has 19 heavy (non-hydrogen) atoms. The van der Waals surface area contributed by atoms with Crippen molar-refractivity contribution in [3.05, 3.63) is 18.2 Å². The van der Waals surface area contributed by atoms with E-state index >= 15 is 0 Å². The molecule has 1 aliphatic rings. The molecule has 1 aromatic heterocycles. The summed E-state index contributed by atoms with van der Waals surface area (Å²) in [5.74, 6) is 0.183. The number of imidazole rings is 1. The summed E-state index contributed by atoms with van der Waals surface area (Å²) in [5.41, 5.74) is 7.01. The van der Waals surface area contributed by atoms with Crippen LogP contribution in [0.15, 0.2) is 12.5 Å². The van der Waals surface area contributed by atoms with Crippen LogP contribution in [0.5, 0.6) is 0 Å². The minimum Gasteiger partial charge on any atom is -0.341 e. The SMILES string of the molecule is CC[C@@H](N)c1cncn1C(C)C(=O)N1CCCCC1.